The lowest BCUT2D eigenvalue weighted by Crippen LogP contribution is -1.90. The molecule has 0 amide bonds. The van der Waals surface area contributed by atoms with Crippen LogP contribution in [0.1, 0.15) is 11.1 Å². The van der Waals surface area contributed by atoms with Gasteiger partial charge in [0.05, 0.1) is 14.2 Å². The maximum absolute atomic E-state index is 5.94. The van der Waals surface area contributed by atoms with Crippen LogP contribution in [-0.4, -0.2) is 24.4 Å². The van der Waals surface area contributed by atoms with Gasteiger partial charge in [0, 0.05) is 16.5 Å². The summed E-state index contributed by atoms with van der Waals surface area (Å²) in [5.41, 5.74) is 3.71. The highest BCUT2D eigenvalue weighted by molar-refractivity contribution is 5.87. The van der Waals surface area contributed by atoms with Crippen LogP contribution in [0.3, 0.4) is 0 Å². The number of aryl methyl sites for hydroxylation is 2. The molecule has 4 aromatic rings. The van der Waals surface area contributed by atoms with Gasteiger partial charge in [0.2, 0.25) is 5.82 Å². The van der Waals surface area contributed by atoms with E-state index in [9.17, 15) is 0 Å². The average Bonchev–Trinajstić information content (AvgIpc) is 3.26. The monoisotopic (exact) mass is 350 g/mol. The molecule has 6 heteroatoms. The first kappa shape index (κ1) is 16.2. The number of nitrogens with zero attached hydrogens (tertiary/aromatic N) is 2. The van der Waals surface area contributed by atoms with Gasteiger partial charge in [-0.1, -0.05) is 16.8 Å². The van der Waals surface area contributed by atoms with Crippen molar-refractivity contribution in [2.75, 3.05) is 14.2 Å². The summed E-state index contributed by atoms with van der Waals surface area (Å²) in [5, 5.41) is 5.14. The van der Waals surface area contributed by atoms with Gasteiger partial charge < -0.3 is 18.4 Å². The van der Waals surface area contributed by atoms with Gasteiger partial charge in [-0.05, 0) is 44.2 Å². The molecular weight excluding hydrogens is 332 g/mol. The maximum atomic E-state index is 5.94. The normalized spacial score (nSPS) is 11.1. The predicted octanol–water partition coefficient (Wildman–Crippen LogP) is 4.78. The van der Waals surface area contributed by atoms with Crippen molar-refractivity contribution >= 4 is 11.0 Å². The molecule has 132 valence electrons. The third-order valence-electron chi connectivity index (χ3n) is 4.35. The Morgan fingerprint density at radius 3 is 2.50 bits per heavy atom. The van der Waals surface area contributed by atoms with E-state index in [0.29, 0.717) is 29.0 Å². The van der Waals surface area contributed by atoms with E-state index in [4.69, 9.17) is 18.4 Å². The Bertz CT molecular complexity index is 1090. The summed E-state index contributed by atoms with van der Waals surface area (Å²) in [4.78, 5) is 4.49. The molecule has 0 N–H and O–H groups in total. The topological polar surface area (TPSA) is 70.5 Å². The van der Waals surface area contributed by atoms with Crippen LogP contribution in [-0.2, 0) is 0 Å². The molecule has 2 aromatic carbocycles. The fourth-order valence-electron chi connectivity index (χ4n) is 2.95. The Labute approximate surface area is 150 Å². The minimum Gasteiger partial charge on any atom is -0.493 e. The molecule has 0 radical (unpaired) electrons. The van der Waals surface area contributed by atoms with Crippen LogP contribution in [0.2, 0.25) is 0 Å². The Hall–Kier alpha value is -3.28. The molecule has 0 saturated carbocycles. The SMILES string of the molecule is COc1ccc(-c2nc(-c3oc4ccc(C)cc4c3C)no2)cc1OC. The maximum Gasteiger partial charge on any atom is 0.258 e. The molecular formula is C20H18N2O4. The molecule has 0 fully saturated rings. The molecule has 0 spiro atoms. The van der Waals surface area contributed by atoms with Crippen LogP contribution in [0, 0.1) is 13.8 Å². The van der Waals surface area contributed by atoms with Crippen molar-refractivity contribution in [2.45, 2.75) is 13.8 Å². The lowest BCUT2D eigenvalue weighted by molar-refractivity contribution is 0.355. The lowest BCUT2D eigenvalue weighted by Gasteiger charge is -2.07. The number of ether oxygens (including phenoxy) is 2. The first-order valence-corrected chi connectivity index (χ1v) is 8.17. The number of hydrogen-bond donors (Lipinski definition) is 0. The van der Waals surface area contributed by atoms with Crippen LogP contribution in [0.15, 0.2) is 45.3 Å². The number of methoxy groups -OCH3 is 2. The van der Waals surface area contributed by atoms with Crippen molar-refractivity contribution in [2.24, 2.45) is 0 Å². The molecule has 0 aliphatic heterocycles. The number of aromatic nitrogens is 2. The first-order valence-electron chi connectivity index (χ1n) is 8.17. The fraction of sp³-hybridized carbons (Fsp3) is 0.200. The second kappa shape index (κ2) is 6.22. The van der Waals surface area contributed by atoms with Crippen molar-refractivity contribution in [3.05, 3.63) is 47.5 Å². The van der Waals surface area contributed by atoms with Crippen LogP contribution in [0.5, 0.6) is 11.5 Å². The molecule has 0 bridgehead atoms. The van der Waals surface area contributed by atoms with E-state index in [-0.39, 0.29) is 0 Å². The van der Waals surface area contributed by atoms with Crippen molar-refractivity contribution in [1.29, 1.82) is 0 Å². The smallest absolute Gasteiger partial charge is 0.258 e. The summed E-state index contributed by atoms with van der Waals surface area (Å²) in [6.45, 7) is 4.04. The molecule has 0 unspecified atom stereocenters. The van der Waals surface area contributed by atoms with Gasteiger partial charge >= 0.3 is 0 Å². The van der Waals surface area contributed by atoms with Crippen molar-refractivity contribution in [3.63, 3.8) is 0 Å². The van der Waals surface area contributed by atoms with Crippen LogP contribution in [0.25, 0.3) is 34.0 Å². The second-order valence-electron chi connectivity index (χ2n) is 6.05. The summed E-state index contributed by atoms with van der Waals surface area (Å²) in [7, 11) is 3.18. The molecule has 6 nitrogen and oxygen atoms in total. The predicted molar refractivity (Wildman–Crippen MR) is 97.5 cm³/mol. The summed E-state index contributed by atoms with van der Waals surface area (Å²) in [6.07, 6.45) is 0. The highest BCUT2D eigenvalue weighted by atomic mass is 16.5. The molecule has 0 aliphatic rings. The zero-order chi connectivity index (χ0) is 18.3. The standard InChI is InChI=1S/C20H18N2O4/c1-11-5-7-15-14(9-11)12(2)18(25-15)19-21-20(26-22-19)13-6-8-16(23-3)17(10-13)24-4/h5-10H,1-4H3. The zero-order valence-electron chi connectivity index (χ0n) is 15.0. The molecule has 0 atom stereocenters. The van der Waals surface area contributed by atoms with E-state index >= 15 is 0 Å². The third-order valence-corrected chi connectivity index (χ3v) is 4.35. The lowest BCUT2D eigenvalue weighted by atomic mass is 10.1. The molecule has 4 rings (SSSR count). The molecule has 0 aliphatic carbocycles. The minimum absolute atomic E-state index is 0.386. The summed E-state index contributed by atoms with van der Waals surface area (Å²) >= 11 is 0. The molecule has 26 heavy (non-hydrogen) atoms. The van der Waals surface area contributed by atoms with Crippen LogP contribution >= 0.6 is 0 Å². The third kappa shape index (κ3) is 2.60. The largest absolute Gasteiger partial charge is 0.493 e. The Kier molecular flexibility index (Phi) is 3.88. The Morgan fingerprint density at radius 1 is 0.923 bits per heavy atom. The quantitative estimate of drug-likeness (QED) is 0.527. The Balaban J connectivity index is 1.76. The average molecular weight is 350 g/mol. The van der Waals surface area contributed by atoms with E-state index in [1.165, 1.54) is 5.56 Å². The van der Waals surface area contributed by atoms with Crippen molar-refractivity contribution in [1.82, 2.24) is 10.1 Å². The van der Waals surface area contributed by atoms with Crippen molar-refractivity contribution in [3.8, 4) is 34.5 Å². The number of hydrogen-bond acceptors (Lipinski definition) is 6. The summed E-state index contributed by atoms with van der Waals surface area (Å²) in [6, 6.07) is 11.5. The van der Waals surface area contributed by atoms with Gasteiger partial charge in [0.25, 0.3) is 5.89 Å². The van der Waals surface area contributed by atoms with Gasteiger partial charge in [-0.15, -0.1) is 0 Å². The second-order valence-corrected chi connectivity index (χ2v) is 6.05. The molecule has 2 aromatic heterocycles. The van der Waals surface area contributed by atoms with E-state index in [0.717, 1.165) is 22.1 Å². The number of benzene rings is 2. The van der Waals surface area contributed by atoms with E-state index in [2.05, 4.69) is 23.1 Å². The fourth-order valence-corrected chi connectivity index (χ4v) is 2.95. The number of fused-ring (bicyclic) bond motifs is 1. The van der Waals surface area contributed by atoms with Crippen LogP contribution in [0.4, 0.5) is 0 Å². The van der Waals surface area contributed by atoms with Gasteiger partial charge in [-0.25, -0.2) is 0 Å². The Morgan fingerprint density at radius 2 is 1.73 bits per heavy atom. The van der Waals surface area contributed by atoms with Gasteiger partial charge in [0.1, 0.15) is 5.58 Å². The molecule has 2 heterocycles. The molecule has 0 saturated heterocycles. The number of rotatable bonds is 4. The van der Waals surface area contributed by atoms with Gasteiger partial charge in [-0.2, -0.15) is 4.98 Å². The van der Waals surface area contributed by atoms with E-state index < -0.39 is 0 Å². The van der Waals surface area contributed by atoms with Crippen LogP contribution < -0.4 is 9.47 Å². The number of furan rings is 1. The minimum atomic E-state index is 0.386. The van der Waals surface area contributed by atoms with Gasteiger partial charge in [0.15, 0.2) is 17.3 Å². The summed E-state index contributed by atoms with van der Waals surface area (Å²) < 4.78 is 22.0. The highest BCUT2D eigenvalue weighted by Crippen LogP contribution is 2.35. The first-order chi connectivity index (χ1) is 12.6. The van der Waals surface area contributed by atoms with Gasteiger partial charge in [-0.3, -0.25) is 0 Å². The summed E-state index contributed by atoms with van der Waals surface area (Å²) in [5.74, 6) is 2.65. The van der Waals surface area contributed by atoms with Crippen molar-refractivity contribution < 1.29 is 18.4 Å². The van der Waals surface area contributed by atoms with E-state index in [1.54, 1.807) is 26.4 Å². The zero-order valence-corrected chi connectivity index (χ0v) is 15.0. The van der Waals surface area contributed by atoms with E-state index in [1.807, 2.05) is 25.1 Å². The highest BCUT2D eigenvalue weighted by Gasteiger charge is 2.19.